The summed E-state index contributed by atoms with van der Waals surface area (Å²) in [7, 11) is 5.60. The van der Waals surface area contributed by atoms with Crippen molar-refractivity contribution < 1.29 is 4.74 Å². The second kappa shape index (κ2) is 6.68. The van der Waals surface area contributed by atoms with Crippen LogP contribution >= 0.6 is 11.6 Å². The summed E-state index contributed by atoms with van der Waals surface area (Å²) in [4.78, 5) is 6.29. The number of ether oxygens (including phenoxy) is 1. The van der Waals surface area contributed by atoms with Gasteiger partial charge in [-0.3, -0.25) is 0 Å². The lowest BCUT2D eigenvalue weighted by Gasteiger charge is -2.23. The maximum Gasteiger partial charge on any atom is 0.239 e. The van der Waals surface area contributed by atoms with E-state index in [-0.39, 0.29) is 6.04 Å². The van der Waals surface area contributed by atoms with Crippen molar-refractivity contribution in [3.63, 3.8) is 0 Å². The van der Waals surface area contributed by atoms with Crippen LogP contribution in [0.4, 0.5) is 11.4 Å². The number of nitrogens with zero attached hydrogens (tertiary/aromatic N) is 2. The average Bonchev–Trinajstić information content (AvgIpc) is 2.47. The van der Waals surface area contributed by atoms with Crippen molar-refractivity contribution in [3.8, 4) is 5.88 Å². The van der Waals surface area contributed by atoms with Gasteiger partial charge in [-0.15, -0.1) is 0 Å². The number of aromatic nitrogens is 1. The third-order valence-electron chi connectivity index (χ3n) is 3.28. The van der Waals surface area contributed by atoms with Crippen molar-refractivity contribution in [2.45, 2.75) is 13.0 Å². The Morgan fingerprint density at radius 3 is 2.67 bits per heavy atom. The molecule has 0 aliphatic heterocycles. The number of nitrogens with one attached hydrogen (secondary N) is 1. The van der Waals surface area contributed by atoms with Gasteiger partial charge in [0.15, 0.2) is 0 Å². The van der Waals surface area contributed by atoms with Gasteiger partial charge in [-0.1, -0.05) is 23.7 Å². The summed E-state index contributed by atoms with van der Waals surface area (Å²) in [6.45, 7) is 2.08. The van der Waals surface area contributed by atoms with E-state index in [9.17, 15) is 0 Å². The minimum Gasteiger partial charge on any atom is -0.479 e. The number of hydrogen-bond acceptors (Lipinski definition) is 4. The zero-order chi connectivity index (χ0) is 15.4. The van der Waals surface area contributed by atoms with Crippen molar-refractivity contribution in [1.29, 1.82) is 0 Å². The lowest BCUT2D eigenvalue weighted by Crippen LogP contribution is -2.15. The van der Waals surface area contributed by atoms with Gasteiger partial charge in [0, 0.05) is 31.4 Å². The van der Waals surface area contributed by atoms with Gasteiger partial charge in [0.1, 0.15) is 5.69 Å². The predicted octanol–water partition coefficient (Wildman–Crippen LogP) is 3.98. The number of methoxy groups -OCH3 is 1. The Labute approximate surface area is 130 Å². The molecule has 1 N–H and O–H groups in total. The van der Waals surface area contributed by atoms with E-state index in [0.717, 1.165) is 22.0 Å². The van der Waals surface area contributed by atoms with Crippen LogP contribution in [0.2, 0.25) is 5.02 Å². The Kier molecular flexibility index (Phi) is 4.91. The minimum atomic E-state index is 0.0838. The van der Waals surface area contributed by atoms with Crippen LogP contribution in [0, 0.1) is 0 Å². The van der Waals surface area contributed by atoms with Gasteiger partial charge in [0.25, 0.3) is 0 Å². The summed E-state index contributed by atoms with van der Waals surface area (Å²) in [6, 6.07) is 9.85. The summed E-state index contributed by atoms with van der Waals surface area (Å²) in [5.74, 6) is 0.579. The number of benzene rings is 1. The number of rotatable bonds is 5. The number of pyridine rings is 1. The predicted molar refractivity (Wildman–Crippen MR) is 88.6 cm³/mol. The fraction of sp³-hybridized carbons (Fsp3) is 0.312. The normalized spacial score (nSPS) is 11.9. The molecule has 1 aromatic carbocycles. The van der Waals surface area contributed by atoms with Crippen LogP contribution in [0.5, 0.6) is 5.88 Å². The first-order valence-electron chi connectivity index (χ1n) is 6.75. The van der Waals surface area contributed by atoms with Gasteiger partial charge < -0.3 is 15.0 Å². The lowest BCUT2D eigenvalue weighted by atomic mass is 10.1. The quantitative estimate of drug-likeness (QED) is 0.906. The summed E-state index contributed by atoms with van der Waals surface area (Å²) < 4.78 is 5.37. The molecule has 1 unspecified atom stereocenters. The van der Waals surface area contributed by atoms with Crippen LogP contribution in [0.15, 0.2) is 36.5 Å². The van der Waals surface area contributed by atoms with Crippen molar-refractivity contribution in [3.05, 3.63) is 47.1 Å². The minimum absolute atomic E-state index is 0.0838. The Balaban J connectivity index is 2.34. The van der Waals surface area contributed by atoms with Crippen molar-refractivity contribution in [1.82, 2.24) is 4.98 Å². The van der Waals surface area contributed by atoms with Gasteiger partial charge in [-0.25, -0.2) is 4.98 Å². The molecule has 0 spiro atoms. The molecule has 0 saturated heterocycles. The molecule has 2 rings (SSSR count). The second-order valence-corrected chi connectivity index (χ2v) is 5.47. The van der Waals surface area contributed by atoms with Crippen LogP contribution in [0.3, 0.4) is 0 Å². The molecule has 112 valence electrons. The molecule has 4 nitrogen and oxygen atoms in total. The van der Waals surface area contributed by atoms with E-state index in [1.807, 2.05) is 49.3 Å². The fourth-order valence-corrected chi connectivity index (χ4v) is 2.37. The fourth-order valence-electron chi connectivity index (χ4n) is 2.17. The van der Waals surface area contributed by atoms with Crippen molar-refractivity contribution in [2.75, 3.05) is 31.4 Å². The number of hydrogen-bond donors (Lipinski definition) is 1. The molecule has 5 heteroatoms. The molecule has 0 amide bonds. The van der Waals surface area contributed by atoms with Gasteiger partial charge in [-0.05, 0) is 30.7 Å². The topological polar surface area (TPSA) is 37.4 Å². The molecule has 21 heavy (non-hydrogen) atoms. The molecule has 2 aromatic rings. The van der Waals surface area contributed by atoms with E-state index in [1.54, 1.807) is 13.3 Å². The van der Waals surface area contributed by atoms with Crippen LogP contribution < -0.4 is 15.0 Å². The Morgan fingerprint density at radius 1 is 1.29 bits per heavy atom. The van der Waals surface area contributed by atoms with Crippen LogP contribution in [0.25, 0.3) is 0 Å². The van der Waals surface area contributed by atoms with E-state index in [2.05, 4.69) is 17.2 Å². The third-order valence-corrected chi connectivity index (χ3v) is 3.51. The zero-order valence-corrected chi connectivity index (χ0v) is 13.5. The number of halogens is 1. The number of anilines is 2. The first-order valence-corrected chi connectivity index (χ1v) is 7.13. The largest absolute Gasteiger partial charge is 0.479 e. The van der Waals surface area contributed by atoms with Gasteiger partial charge in [0.2, 0.25) is 5.88 Å². The van der Waals surface area contributed by atoms with E-state index in [1.165, 1.54) is 0 Å². The highest BCUT2D eigenvalue weighted by Gasteiger charge is 2.15. The Hall–Kier alpha value is -1.94. The lowest BCUT2D eigenvalue weighted by molar-refractivity contribution is 0.399. The molecule has 1 aromatic heterocycles. The smallest absolute Gasteiger partial charge is 0.239 e. The molecule has 0 aliphatic carbocycles. The summed E-state index contributed by atoms with van der Waals surface area (Å²) in [5.41, 5.74) is 3.01. The molecule has 0 fully saturated rings. The molecule has 0 radical (unpaired) electrons. The van der Waals surface area contributed by atoms with E-state index in [4.69, 9.17) is 16.3 Å². The second-order valence-electron chi connectivity index (χ2n) is 5.03. The summed E-state index contributed by atoms with van der Waals surface area (Å²) in [5, 5.41) is 4.20. The third kappa shape index (κ3) is 3.58. The SMILES string of the molecule is COc1nccc(N(C)C)c1NC(C)c1cccc(Cl)c1. The average molecular weight is 306 g/mol. The highest BCUT2D eigenvalue weighted by atomic mass is 35.5. The molecular weight excluding hydrogens is 286 g/mol. The zero-order valence-electron chi connectivity index (χ0n) is 12.7. The van der Waals surface area contributed by atoms with Gasteiger partial charge in [0.05, 0.1) is 12.8 Å². The standard InChI is InChI=1S/C16H20ClN3O/c1-11(12-6-5-7-13(17)10-12)19-15-14(20(2)3)8-9-18-16(15)21-4/h5-11,19H,1-4H3. The van der Waals surface area contributed by atoms with Crippen LogP contribution in [0.1, 0.15) is 18.5 Å². The van der Waals surface area contributed by atoms with Crippen molar-refractivity contribution >= 4 is 23.0 Å². The molecular formula is C16H20ClN3O. The molecule has 0 saturated carbocycles. The first-order chi connectivity index (χ1) is 10.0. The van der Waals surface area contributed by atoms with Crippen LogP contribution in [-0.4, -0.2) is 26.2 Å². The monoisotopic (exact) mass is 305 g/mol. The van der Waals surface area contributed by atoms with Crippen molar-refractivity contribution in [2.24, 2.45) is 0 Å². The Morgan fingerprint density at radius 2 is 2.05 bits per heavy atom. The molecule has 1 heterocycles. The molecule has 0 bridgehead atoms. The molecule has 0 aliphatic rings. The summed E-state index contributed by atoms with van der Waals surface area (Å²) >= 11 is 6.06. The van der Waals surface area contributed by atoms with E-state index < -0.39 is 0 Å². The van der Waals surface area contributed by atoms with Crippen LogP contribution in [-0.2, 0) is 0 Å². The maximum absolute atomic E-state index is 6.06. The van der Waals surface area contributed by atoms with E-state index >= 15 is 0 Å². The Bertz CT molecular complexity index is 616. The van der Waals surface area contributed by atoms with Gasteiger partial charge in [-0.2, -0.15) is 0 Å². The molecule has 1 atom stereocenters. The first kappa shape index (κ1) is 15.4. The van der Waals surface area contributed by atoms with E-state index in [0.29, 0.717) is 5.88 Å². The highest BCUT2D eigenvalue weighted by molar-refractivity contribution is 6.30. The highest BCUT2D eigenvalue weighted by Crippen LogP contribution is 2.35. The summed E-state index contributed by atoms with van der Waals surface area (Å²) in [6.07, 6.45) is 1.74. The van der Waals surface area contributed by atoms with Gasteiger partial charge >= 0.3 is 0 Å². The maximum atomic E-state index is 6.06.